The molecular weight excluding hydrogens is 935 g/mol. The van der Waals surface area contributed by atoms with E-state index in [1.54, 1.807) is 0 Å². The van der Waals surface area contributed by atoms with Crippen LogP contribution in [0, 0.1) is 13.8 Å². The molecule has 0 radical (unpaired) electrons. The van der Waals surface area contributed by atoms with Crippen molar-refractivity contribution >= 4 is 65.4 Å². The highest BCUT2D eigenvalue weighted by Gasteiger charge is 2.20. The Balaban J connectivity index is 0.803. The average Bonchev–Trinajstić information content (AvgIpc) is 4.16. The van der Waals surface area contributed by atoms with Crippen molar-refractivity contribution in [3.63, 3.8) is 0 Å². The number of rotatable bonds is 8. The molecule has 77 heavy (non-hydrogen) atoms. The van der Waals surface area contributed by atoms with Crippen LogP contribution in [0.15, 0.2) is 261 Å². The third kappa shape index (κ3) is 7.31. The summed E-state index contributed by atoms with van der Waals surface area (Å²) in [4.78, 5) is 10.2. The summed E-state index contributed by atoms with van der Waals surface area (Å²) in [7, 11) is 0. The number of hydrogen-bond donors (Lipinski definition) is 0. The van der Waals surface area contributed by atoms with E-state index >= 15 is 0 Å². The Morgan fingerprint density at radius 1 is 0.247 bits per heavy atom. The predicted octanol–water partition coefficient (Wildman–Crippen LogP) is 18.7. The number of fused-ring (bicyclic) bond motifs is 9. The van der Waals surface area contributed by atoms with Gasteiger partial charge in [0.05, 0.1) is 44.5 Å². The highest BCUT2D eigenvalue weighted by atomic mass is 15.0. The Kier molecular flexibility index (Phi) is 10.3. The summed E-state index contributed by atoms with van der Waals surface area (Å²) in [5.41, 5.74) is 22.6. The lowest BCUT2D eigenvalue weighted by Gasteiger charge is -2.15. The summed E-state index contributed by atoms with van der Waals surface area (Å²) >= 11 is 0. The lowest BCUT2D eigenvalue weighted by molar-refractivity contribution is 1.16. The number of hydrogen-bond acceptors (Lipinski definition) is 2. The van der Waals surface area contributed by atoms with Crippen molar-refractivity contribution in [1.29, 1.82) is 0 Å². The molecule has 11 aromatic carbocycles. The van der Waals surface area contributed by atoms with Crippen LogP contribution in [0.1, 0.15) is 11.1 Å². The van der Waals surface area contributed by atoms with Gasteiger partial charge in [-0.25, -0.2) is 9.97 Å². The molecular formula is C72H49N5. The van der Waals surface area contributed by atoms with Crippen LogP contribution in [0.2, 0.25) is 0 Å². The second-order valence-corrected chi connectivity index (χ2v) is 20.3. The van der Waals surface area contributed by atoms with Gasteiger partial charge in [-0.3, -0.25) is 0 Å². The lowest BCUT2D eigenvalue weighted by atomic mass is 9.91. The summed E-state index contributed by atoms with van der Waals surface area (Å²) in [6.07, 6.45) is 0. The van der Waals surface area contributed by atoms with E-state index in [-0.39, 0.29) is 0 Å². The van der Waals surface area contributed by atoms with Gasteiger partial charge in [-0.1, -0.05) is 170 Å². The summed E-state index contributed by atoms with van der Waals surface area (Å²) in [5.74, 6) is 0.718. The van der Waals surface area contributed by atoms with Gasteiger partial charge in [0.25, 0.3) is 0 Å². The van der Waals surface area contributed by atoms with Gasteiger partial charge in [0.1, 0.15) is 0 Å². The number of para-hydroxylation sites is 4. The maximum atomic E-state index is 5.13. The van der Waals surface area contributed by atoms with Gasteiger partial charge in [0.15, 0.2) is 5.82 Å². The first-order valence-electron chi connectivity index (χ1n) is 26.4. The number of nitrogens with zero attached hydrogens (tertiary/aromatic N) is 5. The number of aryl methyl sites for hydroxylation is 2. The van der Waals surface area contributed by atoms with E-state index < -0.39 is 0 Å². The molecule has 0 N–H and O–H groups in total. The van der Waals surface area contributed by atoms with E-state index in [1.165, 1.54) is 87.8 Å². The van der Waals surface area contributed by atoms with Gasteiger partial charge in [-0.2, -0.15) is 0 Å². The van der Waals surface area contributed by atoms with E-state index in [0.717, 1.165) is 62.0 Å². The second-order valence-electron chi connectivity index (χ2n) is 20.3. The smallest absolute Gasteiger partial charge is 0.160 e. The van der Waals surface area contributed by atoms with Crippen LogP contribution in [0.3, 0.4) is 0 Å². The maximum absolute atomic E-state index is 5.13. The van der Waals surface area contributed by atoms with Crippen LogP contribution < -0.4 is 0 Å². The minimum absolute atomic E-state index is 0.718. The zero-order valence-electron chi connectivity index (χ0n) is 42.6. The quantitative estimate of drug-likeness (QED) is 0.152. The molecule has 15 aromatic rings. The highest BCUT2D eigenvalue weighted by Crippen LogP contribution is 2.41. The van der Waals surface area contributed by atoms with Crippen molar-refractivity contribution < 1.29 is 0 Å². The standard InChI is InChI=1S/C72H49N5/c1-46-41-53(64-45-63(50-17-5-3-6-18-50)73-72(74-64)52-19-7-4-8-20-52)42-47(2)71(46)51-31-29-48(30-32-51)49-33-35-54(36-34-49)75-69-39-37-55(76-65-25-13-9-21-57(65)58-22-10-14-26-66(58)76)43-61(69)62-44-56(38-40-70(62)75)77-67-27-15-11-23-59(67)60-24-12-16-28-68(60)77/h3-45H,1-2H3. The Morgan fingerprint density at radius 3 is 1.06 bits per heavy atom. The lowest BCUT2D eigenvalue weighted by Crippen LogP contribution is -1.97. The van der Waals surface area contributed by atoms with Crippen LogP contribution in [-0.4, -0.2) is 23.7 Å². The molecule has 15 rings (SSSR count). The molecule has 4 heterocycles. The van der Waals surface area contributed by atoms with Gasteiger partial charge < -0.3 is 13.7 Å². The molecule has 0 aliphatic carbocycles. The fraction of sp³-hybridized carbons (Fsp3) is 0.0278. The van der Waals surface area contributed by atoms with Crippen LogP contribution >= 0.6 is 0 Å². The first-order valence-corrected chi connectivity index (χ1v) is 26.4. The molecule has 0 saturated heterocycles. The number of benzene rings is 11. The first-order chi connectivity index (χ1) is 38.0. The van der Waals surface area contributed by atoms with Crippen LogP contribution in [0.25, 0.3) is 139 Å². The van der Waals surface area contributed by atoms with Crippen molar-refractivity contribution in [2.24, 2.45) is 0 Å². The van der Waals surface area contributed by atoms with Crippen molar-refractivity contribution in [2.45, 2.75) is 13.8 Å². The average molecular weight is 984 g/mol. The first kappa shape index (κ1) is 44.4. The molecule has 0 atom stereocenters. The topological polar surface area (TPSA) is 40.6 Å². The minimum Gasteiger partial charge on any atom is -0.309 e. The van der Waals surface area contributed by atoms with E-state index in [0.29, 0.717) is 0 Å². The largest absolute Gasteiger partial charge is 0.309 e. The zero-order valence-corrected chi connectivity index (χ0v) is 42.6. The van der Waals surface area contributed by atoms with E-state index in [1.807, 2.05) is 24.3 Å². The second kappa shape index (κ2) is 17.8. The SMILES string of the molecule is Cc1cc(-c2cc(-c3ccccc3)nc(-c3ccccc3)n2)cc(C)c1-c1ccc(-c2ccc(-n3c4ccc(-n5c6ccccc6c6ccccc65)cc4c4cc(-n5c6ccccc6c6ccccc65)ccc43)cc2)cc1. The number of aromatic nitrogens is 5. The van der Waals surface area contributed by atoms with Crippen LogP contribution in [-0.2, 0) is 0 Å². The van der Waals surface area contributed by atoms with Gasteiger partial charge in [0, 0.05) is 66.1 Å². The van der Waals surface area contributed by atoms with E-state index in [4.69, 9.17) is 9.97 Å². The Hall–Kier alpha value is -10.1. The monoisotopic (exact) mass is 983 g/mol. The van der Waals surface area contributed by atoms with E-state index in [2.05, 4.69) is 264 Å². The molecule has 0 aliphatic rings. The van der Waals surface area contributed by atoms with E-state index in [9.17, 15) is 0 Å². The molecule has 0 unspecified atom stereocenters. The third-order valence-corrected chi connectivity index (χ3v) is 15.7. The molecule has 0 amide bonds. The Bertz CT molecular complexity index is 4430. The Labute approximate surface area is 445 Å². The van der Waals surface area contributed by atoms with Gasteiger partial charge in [-0.15, -0.1) is 0 Å². The van der Waals surface area contributed by atoms with Crippen molar-refractivity contribution in [3.05, 3.63) is 272 Å². The van der Waals surface area contributed by atoms with Crippen LogP contribution in [0.4, 0.5) is 0 Å². The molecule has 5 heteroatoms. The minimum atomic E-state index is 0.718. The summed E-state index contributed by atoms with van der Waals surface area (Å²) in [6.45, 7) is 4.42. The predicted molar refractivity (Wildman–Crippen MR) is 322 cm³/mol. The van der Waals surface area contributed by atoms with Gasteiger partial charge in [-0.05, 0) is 138 Å². The fourth-order valence-electron chi connectivity index (χ4n) is 12.2. The Morgan fingerprint density at radius 2 is 0.597 bits per heavy atom. The summed E-state index contributed by atoms with van der Waals surface area (Å²) in [5, 5.41) is 7.41. The molecule has 0 fully saturated rings. The fourth-order valence-corrected chi connectivity index (χ4v) is 12.2. The summed E-state index contributed by atoms with van der Waals surface area (Å²) < 4.78 is 7.28. The molecule has 5 nitrogen and oxygen atoms in total. The van der Waals surface area contributed by atoms with Crippen LogP contribution in [0.5, 0.6) is 0 Å². The zero-order chi connectivity index (χ0) is 51.1. The molecule has 0 aliphatic heterocycles. The van der Waals surface area contributed by atoms with Gasteiger partial charge >= 0.3 is 0 Å². The molecule has 4 aromatic heterocycles. The van der Waals surface area contributed by atoms with Gasteiger partial charge in [0.2, 0.25) is 0 Å². The van der Waals surface area contributed by atoms with Crippen molar-refractivity contribution in [3.8, 4) is 73.2 Å². The third-order valence-electron chi connectivity index (χ3n) is 15.7. The molecule has 0 saturated carbocycles. The van der Waals surface area contributed by atoms with Crippen molar-refractivity contribution in [2.75, 3.05) is 0 Å². The van der Waals surface area contributed by atoms with Crippen molar-refractivity contribution in [1.82, 2.24) is 23.7 Å². The maximum Gasteiger partial charge on any atom is 0.160 e. The summed E-state index contributed by atoms with van der Waals surface area (Å²) in [6, 6.07) is 94.4. The highest BCUT2D eigenvalue weighted by molar-refractivity contribution is 6.14. The normalized spacial score (nSPS) is 11.8. The molecule has 0 spiro atoms. The molecule has 0 bridgehead atoms. The molecule has 362 valence electrons.